The Morgan fingerprint density at radius 1 is 1.00 bits per heavy atom. The highest BCUT2D eigenvalue weighted by molar-refractivity contribution is 7.18. The molecule has 1 aromatic heterocycles. The van der Waals surface area contributed by atoms with E-state index in [2.05, 4.69) is 4.98 Å². The Kier molecular flexibility index (Phi) is 5.65. The lowest BCUT2D eigenvalue weighted by atomic mass is 10.0. The number of aliphatic carboxylic acids is 1. The number of thiazole rings is 1. The number of carboxylic acid groups (broad SMARTS) is 1. The van der Waals surface area contributed by atoms with Crippen LogP contribution in [0, 0.1) is 0 Å². The topological polar surface area (TPSA) is 59.4 Å². The second kappa shape index (κ2) is 8.39. The minimum atomic E-state index is -4.41. The molecule has 0 radical (unpaired) electrons. The first kappa shape index (κ1) is 20.9. The summed E-state index contributed by atoms with van der Waals surface area (Å²) >= 11 is 1.28. The van der Waals surface area contributed by atoms with Crippen LogP contribution < -0.4 is 4.74 Å². The van der Waals surface area contributed by atoms with Gasteiger partial charge in [-0.2, -0.15) is 13.2 Å². The molecule has 3 aromatic carbocycles. The summed E-state index contributed by atoms with van der Waals surface area (Å²) in [6.45, 7) is 0.128. The van der Waals surface area contributed by atoms with Crippen LogP contribution in [0.4, 0.5) is 13.2 Å². The molecule has 0 spiro atoms. The van der Waals surface area contributed by atoms with Crippen LogP contribution in [0.1, 0.15) is 16.1 Å². The molecule has 0 aliphatic carbocycles. The van der Waals surface area contributed by atoms with Crippen LogP contribution in [0.25, 0.3) is 21.3 Å². The van der Waals surface area contributed by atoms with E-state index in [1.165, 1.54) is 17.4 Å². The molecule has 8 heteroatoms. The highest BCUT2D eigenvalue weighted by Crippen LogP contribution is 2.33. The van der Waals surface area contributed by atoms with Crippen molar-refractivity contribution in [2.75, 3.05) is 0 Å². The van der Waals surface area contributed by atoms with Crippen LogP contribution in [0.3, 0.4) is 0 Å². The second-order valence-corrected chi connectivity index (χ2v) is 7.99. The summed E-state index contributed by atoms with van der Waals surface area (Å²) < 4.78 is 45.1. The zero-order chi connectivity index (χ0) is 22.0. The summed E-state index contributed by atoms with van der Waals surface area (Å²) in [5.74, 6) is -0.316. The van der Waals surface area contributed by atoms with E-state index < -0.39 is 17.7 Å². The van der Waals surface area contributed by atoms with Crippen LogP contribution in [0.2, 0.25) is 0 Å². The van der Waals surface area contributed by atoms with Crippen molar-refractivity contribution in [1.29, 1.82) is 0 Å². The van der Waals surface area contributed by atoms with Gasteiger partial charge in [-0.3, -0.25) is 4.79 Å². The Bertz CT molecular complexity index is 1250. The lowest BCUT2D eigenvalue weighted by Crippen LogP contribution is -2.04. The molecule has 1 N–H and O–H groups in total. The van der Waals surface area contributed by atoms with Gasteiger partial charge in [-0.25, -0.2) is 4.98 Å². The number of halogens is 3. The Morgan fingerprint density at radius 2 is 1.74 bits per heavy atom. The van der Waals surface area contributed by atoms with E-state index in [0.717, 1.165) is 23.3 Å². The monoisotopic (exact) mass is 443 g/mol. The van der Waals surface area contributed by atoms with Crippen molar-refractivity contribution in [3.8, 4) is 16.9 Å². The number of hydrogen-bond donors (Lipinski definition) is 1. The molecule has 0 unspecified atom stereocenters. The summed E-state index contributed by atoms with van der Waals surface area (Å²) in [7, 11) is 0. The first-order chi connectivity index (χ1) is 14.8. The molecule has 0 bridgehead atoms. The third kappa shape index (κ3) is 5.03. The number of alkyl halides is 3. The zero-order valence-electron chi connectivity index (χ0n) is 16.0. The van der Waals surface area contributed by atoms with E-state index >= 15 is 0 Å². The molecule has 0 saturated carbocycles. The second-order valence-electron chi connectivity index (χ2n) is 6.88. The van der Waals surface area contributed by atoms with E-state index in [9.17, 15) is 18.0 Å². The number of nitrogens with zero attached hydrogens (tertiary/aromatic N) is 1. The van der Waals surface area contributed by atoms with E-state index in [1.54, 1.807) is 18.2 Å². The number of carbonyl (C=O) groups is 1. The maximum Gasteiger partial charge on any atom is 0.416 e. The molecule has 0 aliphatic rings. The van der Waals surface area contributed by atoms with E-state index in [0.29, 0.717) is 26.5 Å². The highest BCUT2D eigenvalue weighted by Gasteiger charge is 2.30. The first-order valence-electron chi connectivity index (χ1n) is 9.28. The Hall–Kier alpha value is -3.39. The molecule has 31 heavy (non-hydrogen) atoms. The average Bonchev–Trinajstić information content (AvgIpc) is 3.14. The molecular formula is C23H16F3NO3S. The van der Waals surface area contributed by atoms with Crippen molar-refractivity contribution in [3.63, 3.8) is 0 Å². The maximum absolute atomic E-state index is 12.9. The fraction of sp³-hybridized carbons (Fsp3) is 0.130. The van der Waals surface area contributed by atoms with E-state index in [-0.39, 0.29) is 13.0 Å². The van der Waals surface area contributed by atoms with Crippen molar-refractivity contribution in [2.45, 2.75) is 19.2 Å². The fourth-order valence-corrected chi connectivity index (χ4v) is 4.02. The number of benzene rings is 3. The molecule has 0 aliphatic heterocycles. The standard InChI is InChI=1S/C23H16F3NO3S/c24-23(25,26)17-7-8-20-19(12-17)27-21(31-20)13-30-18-6-2-5-16(11-18)15-4-1-3-14(9-15)10-22(28)29/h1-9,11-12H,10,13H2,(H,28,29). The quantitative estimate of drug-likeness (QED) is 0.386. The van der Waals surface area contributed by atoms with Crippen molar-refractivity contribution in [3.05, 3.63) is 82.9 Å². The Labute approximate surface area is 179 Å². The Morgan fingerprint density at radius 3 is 2.48 bits per heavy atom. The Balaban J connectivity index is 1.50. The third-order valence-electron chi connectivity index (χ3n) is 4.57. The maximum atomic E-state index is 12.9. The number of carboxylic acids is 1. The van der Waals surface area contributed by atoms with Crippen LogP contribution in [0.15, 0.2) is 66.7 Å². The molecule has 158 valence electrons. The number of ether oxygens (including phenoxy) is 1. The summed E-state index contributed by atoms with van der Waals surface area (Å²) in [6.07, 6.45) is -4.46. The van der Waals surface area contributed by atoms with Gasteiger partial charge in [-0.1, -0.05) is 36.4 Å². The number of fused-ring (bicyclic) bond motifs is 1. The minimum Gasteiger partial charge on any atom is -0.486 e. The molecule has 1 heterocycles. The van der Waals surface area contributed by atoms with Crippen LogP contribution in [0.5, 0.6) is 5.75 Å². The first-order valence-corrected chi connectivity index (χ1v) is 10.1. The van der Waals surface area contributed by atoms with Gasteiger partial charge in [0.05, 0.1) is 22.2 Å². The van der Waals surface area contributed by atoms with Gasteiger partial charge in [0.2, 0.25) is 0 Å². The summed E-state index contributed by atoms with van der Waals surface area (Å²) in [6, 6.07) is 18.1. The SMILES string of the molecule is O=C(O)Cc1cccc(-c2cccc(OCc3nc4cc(C(F)(F)F)ccc4s3)c2)c1. The van der Waals surface area contributed by atoms with Gasteiger partial charge < -0.3 is 9.84 Å². The zero-order valence-corrected chi connectivity index (χ0v) is 16.8. The third-order valence-corrected chi connectivity index (χ3v) is 5.58. The van der Waals surface area contributed by atoms with Crippen LogP contribution in [-0.2, 0) is 24.0 Å². The minimum absolute atomic E-state index is 0.0578. The van der Waals surface area contributed by atoms with Gasteiger partial charge in [0.25, 0.3) is 0 Å². The van der Waals surface area contributed by atoms with Crippen molar-refractivity contribution in [2.24, 2.45) is 0 Å². The summed E-state index contributed by atoms with van der Waals surface area (Å²) in [4.78, 5) is 15.2. The molecule has 0 atom stereocenters. The molecule has 0 saturated heterocycles. The predicted octanol–water partition coefficient (Wildman–Crippen LogP) is 6.19. The molecular weight excluding hydrogens is 427 g/mol. The average molecular weight is 443 g/mol. The molecule has 4 aromatic rings. The summed E-state index contributed by atoms with van der Waals surface area (Å²) in [5.41, 5.74) is 2.00. The number of aromatic nitrogens is 1. The van der Waals surface area contributed by atoms with Gasteiger partial charge in [0.15, 0.2) is 0 Å². The fourth-order valence-electron chi connectivity index (χ4n) is 3.16. The van der Waals surface area contributed by atoms with Gasteiger partial charge in [-0.15, -0.1) is 11.3 Å². The molecule has 0 fully saturated rings. The number of hydrogen-bond acceptors (Lipinski definition) is 4. The van der Waals surface area contributed by atoms with Crippen LogP contribution in [-0.4, -0.2) is 16.1 Å². The van der Waals surface area contributed by atoms with Crippen molar-refractivity contribution >= 4 is 27.5 Å². The van der Waals surface area contributed by atoms with Crippen molar-refractivity contribution in [1.82, 2.24) is 4.98 Å². The lowest BCUT2D eigenvalue weighted by molar-refractivity contribution is -0.138. The van der Waals surface area contributed by atoms with Gasteiger partial charge in [0.1, 0.15) is 17.4 Å². The smallest absolute Gasteiger partial charge is 0.416 e. The van der Waals surface area contributed by atoms with Gasteiger partial charge >= 0.3 is 12.1 Å². The highest BCUT2D eigenvalue weighted by atomic mass is 32.1. The lowest BCUT2D eigenvalue weighted by Gasteiger charge is -2.08. The van der Waals surface area contributed by atoms with Gasteiger partial charge in [0, 0.05) is 0 Å². The van der Waals surface area contributed by atoms with Crippen LogP contribution >= 0.6 is 11.3 Å². The predicted molar refractivity (Wildman–Crippen MR) is 112 cm³/mol. The largest absolute Gasteiger partial charge is 0.486 e. The summed E-state index contributed by atoms with van der Waals surface area (Å²) in [5, 5.41) is 9.55. The molecule has 0 amide bonds. The molecule has 4 rings (SSSR count). The normalized spacial score (nSPS) is 11.6. The number of rotatable bonds is 6. The van der Waals surface area contributed by atoms with Gasteiger partial charge in [-0.05, 0) is 47.0 Å². The van der Waals surface area contributed by atoms with Crippen molar-refractivity contribution < 1.29 is 27.8 Å². The van der Waals surface area contributed by atoms with E-state index in [4.69, 9.17) is 9.84 Å². The molecule has 4 nitrogen and oxygen atoms in total. The van der Waals surface area contributed by atoms with E-state index in [1.807, 2.05) is 30.3 Å².